The summed E-state index contributed by atoms with van der Waals surface area (Å²) in [5.74, 6) is 0. The van der Waals surface area contributed by atoms with Gasteiger partial charge in [-0.3, -0.25) is 0 Å². The van der Waals surface area contributed by atoms with Gasteiger partial charge in [0.05, 0.1) is 0 Å². The first-order valence-electron chi connectivity index (χ1n) is 1.33. The molecule has 0 aromatic heterocycles. The summed E-state index contributed by atoms with van der Waals surface area (Å²) in [6.45, 7) is 0. The summed E-state index contributed by atoms with van der Waals surface area (Å²) in [6, 6.07) is 0. The van der Waals surface area contributed by atoms with Gasteiger partial charge in [0.1, 0.15) is 0 Å². The zero-order valence-electron chi connectivity index (χ0n) is 5.50. The summed E-state index contributed by atoms with van der Waals surface area (Å²) in [5, 5.41) is 0. The second-order valence-electron chi connectivity index (χ2n) is 0.816. The van der Waals surface area contributed by atoms with E-state index in [1.807, 2.05) is 0 Å². The van der Waals surface area contributed by atoms with E-state index in [-0.39, 0.29) is 71.9 Å². The second kappa shape index (κ2) is 10.3. The van der Waals surface area contributed by atoms with E-state index in [4.69, 9.17) is 28.6 Å². The topological polar surface area (TPSA) is 161 Å². The summed E-state index contributed by atoms with van der Waals surface area (Å²) < 4.78 is 69.2. The Morgan fingerprint density at radius 3 is 0.667 bits per heavy atom. The molecule has 64 valence electrons. The molecule has 0 aromatic carbocycles. The van der Waals surface area contributed by atoms with E-state index in [2.05, 4.69) is 0 Å². The van der Waals surface area contributed by atoms with Crippen molar-refractivity contribution in [3.8, 4) is 0 Å². The second-order valence-corrected chi connectivity index (χ2v) is 6.68. The molecule has 12 heavy (non-hydrogen) atoms. The molecule has 0 aromatic rings. The predicted molar refractivity (Wildman–Crippen MR) is 14.3 cm³/mol. The van der Waals surface area contributed by atoms with Crippen LogP contribution < -0.4 is 15.0 Å². The normalized spacial score (nSPS) is 9.67. The molecule has 0 atom stereocenters. The van der Waals surface area contributed by atoms with E-state index in [1.165, 1.54) is 0 Å². The first-order chi connectivity index (χ1) is 4.00. The molecular formula is BaMgO8W2. The van der Waals surface area contributed by atoms with Gasteiger partial charge < -0.3 is 0 Å². The fourth-order valence-corrected chi connectivity index (χ4v) is 0. The molecule has 0 fully saturated rings. The Morgan fingerprint density at radius 2 is 0.667 bits per heavy atom. The quantitative estimate of drug-likeness (QED) is 0.233. The zero-order valence-corrected chi connectivity index (χ0v) is 17.2. The van der Waals surface area contributed by atoms with Crippen molar-refractivity contribution < 1.29 is 62.1 Å². The van der Waals surface area contributed by atoms with E-state index in [0.717, 1.165) is 0 Å². The number of hydrogen-bond acceptors (Lipinski definition) is 8. The van der Waals surface area contributed by atoms with Crippen molar-refractivity contribution in [3.63, 3.8) is 0 Å². The van der Waals surface area contributed by atoms with Crippen molar-refractivity contribution in [3.05, 3.63) is 0 Å². The first kappa shape index (κ1) is 24.1. The molecule has 0 radical (unpaired) electrons. The van der Waals surface area contributed by atoms with Crippen LogP contribution in [-0.2, 0) is 47.1 Å². The van der Waals surface area contributed by atoms with Gasteiger partial charge in [0, 0.05) is 0 Å². The van der Waals surface area contributed by atoms with Crippen molar-refractivity contribution in [2.45, 2.75) is 0 Å². The van der Waals surface area contributed by atoms with E-state index in [1.54, 1.807) is 0 Å². The molecule has 0 bridgehead atoms. The van der Waals surface area contributed by atoms with Crippen LogP contribution in [0.2, 0.25) is 0 Å². The maximum absolute atomic E-state index is 8.65. The average molecular weight is 657 g/mol. The van der Waals surface area contributed by atoms with Gasteiger partial charge in [0.15, 0.2) is 0 Å². The fraction of sp³-hybridized carbons (Fsp3) is 0. The van der Waals surface area contributed by atoms with Crippen LogP contribution >= 0.6 is 0 Å². The Kier molecular flexibility index (Phi) is 20.7. The van der Waals surface area contributed by atoms with E-state index in [9.17, 15) is 0 Å². The molecule has 8 nitrogen and oxygen atoms in total. The molecule has 12 heteroatoms. The molecule has 0 aliphatic carbocycles. The van der Waals surface area contributed by atoms with E-state index < -0.39 is 33.5 Å². The van der Waals surface area contributed by atoms with Crippen LogP contribution in [0.25, 0.3) is 0 Å². The minimum atomic E-state index is -6.17. The van der Waals surface area contributed by atoms with E-state index in [0.29, 0.717) is 0 Å². The molecular weight excluding hydrogens is 657 g/mol. The van der Waals surface area contributed by atoms with Crippen LogP contribution in [0.15, 0.2) is 0 Å². The van der Waals surface area contributed by atoms with Gasteiger partial charge >= 0.3 is 134 Å². The molecule has 0 aliphatic heterocycles. The molecule has 0 unspecified atom stereocenters. The first-order valence-corrected chi connectivity index (χ1v) is 10.9. The van der Waals surface area contributed by atoms with Crippen molar-refractivity contribution in [2.24, 2.45) is 0 Å². The summed E-state index contributed by atoms with van der Waals surface area (Å²) in [7, 11) is 0. The average Bonchev–Trinajstić information content (AvgIpc) is 1.12. The zero-order chi connectivity index (χ0) is 9.00. The Balaban J connectivity index is -0.0000000457. The molecule has 0 aliphatic rings. The molecule has 0 saturated carbocycles. The van der Waals surface area contributed by atoms with Gasteiger partial charge in [-0.15, -0.1) is 0 Å². The summed E-state index contributed by atoms with van der Waals surface area (Å²) in [6.07, 6.45) is 0. The Morgan fingerprint density at radius 1 is 0.667 bits per heavy atom. The van der Waals surface area contributed by atoms with Gasteiger partial charge in [-0.05, 0) is 0 Å². The summed E-state index contributed by atoms with van der Waals surface area (Å²) >= 11 is -12.3. The van der Waals surface area contributed by atoms with E-state index >= 15 is 0 Å². The van der Waals surface area contributed by atoms with Crippen LogP contribution in [0, 0.1) is 0 Å². The van der Waals surface area contributed by atoms with Crippen LogP contribution in [-0.4, -0.2) is 71.9 Å². The van der Waals surface area contributed by atoms with Crippen LogP contribution in [0.5, 0.6) is 0 Å². The van der Waals surface area contributed by atoms with Crippen molar-refractivity contribution in [2.75, 3.05) is 0 Å². The van der Waals surface area contributed by atoms with Crippen LogP contribution in [0.4, 0.5) is 0 Å². The van der Waals surface area contributed by atoms with Crippen molar-refractivity contribution in [1.82, 2.24) is 0 Å². The molecule has 0 heterocycles. The summed E-state index contributed by atoms with van der Waals surface area (Å²) in [4.78, 5) is 0. The van der Waals surface area contributed by atoms with Gasteiger partial charge in [-0.25, -0.2) is 0 Å². The fourth-order valence-electron chi connectivity index (χ4n) is 0. The van der Waals surface area contributed by atoms with Crippen molar-refractivity contribution >= 4 is 71.9 Å². The van der Waals surface area contributed by atoms with Gasteiger partial charge in [0.25, 0.3) is 0 Å². The molecule has 0 spiro atoms. The predicted octanol–water partition coefficient (Wildman–Crippen LogP) is -6.00. The maximum atomic E-state index is 8.65. The molecule has 0 saturated heterocycles. The monoisotopic (exact) mass is 658 g/mol. The van der Waals surface area contributed by atoms with Gasteiger partial charge in [-0.1, -0.05) is 0 Å². The minimum absolute atomic E-state index is 0. The standard InChI is InChI=1S/Ba.Mg.8O.2W/q2*+2;;;;;4*-1;;. The van der Waals surface area contributed by atoms with Crippen LogP contribution in [0.3, 0.4) is 0 Å². The van der Waals surface area contributed by atoms with Crippen LogP contribution in [0.1, 0.15) is 0 Å². The Bertz CT molecular complexity index is 213. The third-order valence-electron chi connectivity index (χ3n) is 0. The molecule has 0 amide bonds. The Hall–Kier alpha value is 2.75. The molecule has 0 rings (SSSR count). The van der Waals surface area contributed by atoms with Crippen molar-refractivity contribution in [1.29, 1.82) is 0 Å². The Labute approximate surface area is 131 Å². The number of hydrogen-bond donors (Lipinski definition) is 0. The third-order valence-corrected chi connectivity index (χ3v) is 0. The van der Waals surface area contributed by atoms with Gasteiger partial charge in [-0.2, -0.15) is 0 Å². The number of rotatable bonds is 0. The summed E-state index contributed by atoms with van der Waals surface area (Å²) in [5.41, 5.74) is 0. The SMILES string of the molecule is [Ba+2].[Mg+2].[O]=[W](=[O])([O-])[O-].[O]=[W](=[O])([O-])[O-]. The molecule has 0 N–H and O–H groups in total. The third kappa shape index (κ3) is 232. The van der Waals surface area contributed by atoms with Gasteiger partial charge in [0.2, 0.25) is 0 Å².